The van der Waals surface area contributed by atoms with Gasteiger partial charge in [0, 0.05) is 23.6 Å². The highest BCUT2D eigenvalue weighted by molar-refractivity contribution is 8.00. The molecule has 21 heavy (non-hydrogen) atoms. The third-order valence-corrected chi connectivity index (χ3v) is 4.80. The fourth-order valence-corrected chi connectivity index (χ4v) is 3.54. The van der Waals surface area contributed by atoms with Gasteiger partial charge in [-0.15, -0.1) is 0 Å². The summed E-state index contributed by atoms with van der Waals surface area (Å²) in [6, 6.07) is 7.25. The summed E-state index contributed by atoms with van der Waals surface area (Å²) in [7, 11) is 0. The molecule has 0 bridgehead atoms. The van der Waals surface area contributed by atoms with Gasteiger partial charge in [-0.2, -0.15) is 11.8 Å². The van der Waals surface area contributed by atoms with Crippen LogP contribution in [0.25, 0.3) is 0 Å². The smallest absolute Gasteiger partial charge is 0.260 e. The van der Waals surface area contributed by atoms with Crippen molar-refractivity contribution in [3.8, 4) is 5.75 Å². The van der Waals surface area contributed by atoms with E-state index in [0.717, 1.165) is 18.8 Å². The number of carbonyl (C=O) groups excluding carboxylic acids is 1. The molecule has 2 N–H and O–H groups in total. The molecule has 1 fully saturated rings. The molecule has 1 aromatic carbocycles. The van der Waals surface area contributed by atoms with E-state index in [4.69, 9.17) is 22.7 Å². The molecule has 6 heteroatoms. The Morgan fingerprint density at radius 1 is 1.48 bits per heavy atom. The van der Waals surface area contributed by atoms with E-state index in [2.05, 4.69) is 13.8 Å². The Kier molecular flexibility index (Phi) is 5.11. The van der Waals surface area contributed by atoms with E-state index < -0.39 is 0 Å². The van der Waals surface area contributed by atoms with E-state index in [0.29, 0.717) is 11.3 Å². The van der Waals surface area contributed by atoms with Gasteiger partial charge in [-0.25, -0.2) is 0 Å². The van der Waals surface area contributed by atoms with Crippen molar-refractivity contribution in [3.05, 3.63) is 29.8 Å². The average Bonchev–Trinajstić information content (AvgIpc) is 2.43. The van der Waals surface area contributed by atoms with Crippen molar-refractivity contribution >= 4 is 34.9 Å². The highest BCUT2D eigenvalue weighted by Crippen LogP contribution is 2.29. The quantitative estimate of drug-likeness (QED) is 0.859. The molecule has 1 aliphatic heterocycles. The van der Waals surface area contributed by atoms with Crippen molar-refractivity contribution in [1.29, 1.82) is 0 Å². The second-order valence-corrected chi connectivity index (χ2v) is 7.81. The predicted molar refractivity (Wildman–Crippen MR) is 90.9 cm³/mol. The molecule has 1 saturated heterocycles. The Balaban J connectivity index is 1.97. The van der Waals surface area contributed by atoms with Crippen LogP contribution in [0.5, 0.6) is 5.75 Å². The Morgan fingerprint density at radius 3 is 2.86 bits per heavy atom. The minimum absolute atomic E-state index is 0.00104. The second kappa shape index (κ2) is 6.66. The fourth-order valence-electron chi connectivity index (χ4n) is 2.26. The minimum atomic E-state index is 0.00104. The standard InChI is InChI=1S/C15H20N2O2S2/c1-15(2)10-17(7-8-21-15)13(18)9-19-12-6-4-3-5-11(12)14(16)20/h3-6H,7-10H2,1-2H3,(H2,16,20). The summed E-state index contributed by atoms with van der Waals surface area (Å²) < 4.78 is 5.72. The van der Waals surface area contributed by atoms with Crippen molar-refractivity contribution in [1.82, 2.24) is 4.90 Å². The lowest BCUT2D eigenvalue weighted by Crippen LogP contribution is -2.47. The lowest BCUT2D eigenvalue weighted by molar-refractivity contribution is -0.133. The first-order valence-corrected chi connectivity index (χ1v) is 8.22. The van der Waals surface area contributed by atoms with Gasteiger partial charge in [0.25, 0.3) is 5.91 Å². The number of amides is 1. The highest BCUT2D eigenvalue weighted by Gasteiger charge is 2.29. The number of para-hydroxylation sites is 1. The number of hydrogen-bond donors (Lipinski definition) is 1. The van der Waals surface area contributed by atoms with Crippen LogP contribution in [0.15, 0.2) is 24.3 Å². The minimum Gasteiger partial charge on any atom is -0.483 e. The molecule has 1 heterocycles. The molecular weight excluding hydrogens is 304 g/mol. The van der Waals surface area contributed by atoms with E-state index >= 15 is 0 Å². The van der Waals surface area contributed by atoms with Crippen LogP contribution in [0.3, 0.4) is 0 Å². The van der Waals surface area contributed by atoms with E-state index in [1.807, 2.05) is 28.8 Å². The number of rotatable bonds is 4. The number of benzene rings is 1. The van der Waals surface area contributed by atoms with Gasteiger partial charge in [-0.1, -0.05) is 24.4 Å². The van der Waals surface area contributed by atoms with Crippen molar-refractivity contribution in [2.75, 3.05) is 25.4 Å². The Hall–Kier alpha value is -1.27. The summed E-state index contributed by atoms with van der Waals surface area (Å²) in [5, 5.41) is 0. The van der Waals surface area contributed by atoms with Crippen molar-refractivity contribution in [2.24, 2.45) is 5.73 Å². The van der Waals surface area contributed by atoms with Crippen molar-refractivity contribution in [3.63, 3.8) is 0 Å². The zero-order valence-electron chi connectivity index (χ0n) is 12.3. The number of thiocarbonyl (C=S) groups is 1. The molecule has 2 rings (SSSR count). The molecule has 0 unspecified atom stereocenters. The maximum absolute atomic E-state index is 12.3. The molecule has 0 atom stereocenters. The zero-order valence-corrected chi connectivity index (χ0v) is 13.9. The first-order valence-electron chi connectivity index (χ1n) is 6.82. The molecule has 0 aliphatic carbocycles. The van der Waals surface area contributed by atoms with Crippen LogP contribution in [0.4, 0.5) is 0 Å². The van der Waals surface area contributed by atoms with Gasteiger partial charge in [0.2, 0.25) is 0 Å². The van der Waals surface area contributed by atoms with Crippen LogP contribution in [-0.2, 0) is 4.79 Å². The maximum Gasteiger partial charge on any atom is 0.260 e. The van der Waals surface area contributed by atoms with E-state index in [1.54, 1.807) is 12.1 Å². The summed E-state index contributed by atoms with van der Waals surface area (Å²) in [5.74, 6) is 1.52. The summed E-state index contributed by atoms with van der Waals surface area (Å²) in [6.45, 7) is 5.84. The van der Waals surface area contributed by atoms with Crippen LogP contribution < -0.4 is 10.5 Å². The molecule has 1 amide bonds. The lowest BCUT2D eigenvalue weighted by atomic mass is 10.2. The number of nitrogens with zero attached hydrogens (tertiary/aromatic N) is 1. The van der Waals surface area contributed by atoms with Crippen LogP contribution in [-0.4, -0.2) is 46.0 Å². The monoisotopic (exact) mass is 324 g/mol. The van der Waals surface area contributed by atoms with Crippen molar-refractivity contribution in [2.45, 2.75) is 18.6 Å². The largest absolute Gasteiger partial charge is 0.483 e. The number of thioether (sulfide) groups is 1. The molecule has 1 aromatic rings. The van der Waals surface area contributed by atoms with Crippen LogP contribution in [0, 0.1) is 0 Å². The number of hydrogen-bond acceptors (Lipinski definition) is 4. The van der Waals surface area contributed by atoms with E-state index in [-0.39, 0.29) is 22.2 Å². The summed E-state index contributed by atoms with van der Waals surface area (Å²) in [6.07, 6.45) is 0. The van der Waals surface area contributed by atoms with Gasteiger partial charge >= 0.3 is 0 Å². The topological polar surface area (TPSA) is 55.6 Å². The van der Waals surface area contributed by atoms with E-state index in [9.17, 15) is 4.79 Å². The normalized spacial score (nSPS) is 17.3. The summed E-state index contributed by atoms with van der Waals surface area (Å²) in [5.41, 5.74) is 6.31. The molecular formula is C15H20N2O2S2. The molecule has 0 saturated carbocycles. The van der Waals surface area contributed by atoms with Crippen molar-refractivity contribution < 1.29 is 9.53 Å². The van der Waals surface area contributed by atoms with Gasteiger partial charge in [-0.05, 0) is 26.0 Å². The Labute approximate surface area is 135 Å². The number of carbonyl (C=O) groups is 1. The molecule has 0 radical (unpaired) electrons. The van der Waals surface area contributed by atoms with E-state index in [1.165, 1.54) is 0 Å². The molecule has 114 valence electrons. The Morgan fingerprint density at radius 2 is 2.19 bits per heavy atom. The highest BCUT2D eigenvalue weighted by atomic mass is 32.2. The first-order chi connectivity index (χ1) is 9.89. The van der Waals surface area contributed by atoms with Gasteiger partial charge in [0.1, 0.15) is 10.7 Å². The predicted octanol–water partition coefficient (Wildman–Crippen LogP) is 2.05. The second-order valence-electron chi connectivity index (χ2n) is 5.57. The summed E-state index contributed by atoms with van der Waals surface area (Å²) >= 11 is 6.88. The number of ether oxygens (including phenoxy) is 1. The van der Waals surface area contributed by atoms with Crippen LogP contribution in [0.1, 0.15) is 19.4 Å². The third kappa shape index (κ3) is 4.35. The molecule has 0 spiro atoms. The first kappa shape index (κ1) is 16.1. The average molecular weight is 324 g/mol. The van der Waals surface area contributed by atoms with Gasteiger partial charge in [0.05, 0.1) is 5.56 Å². The third-order valence-electron chi connectivity index (χ3n) is 3.28. The van der Waals surface area contributed by atoms with Gasteiger partial charge in [-0.3, -0.25) is 4.79 Å². The van der Waals surface area contributed by atoms with Crippen LogP contribution >= 0.6 is 24.0 Å². The van der Waals surface area contributed by atoms with Crippen LogP contribution in [0.2, 0.25) is 0 Å². The molecule has 4 nitrogen and oxygen atoms in total. The molecule has 0 aromatic heterocycles. The molecule has 1 aliphatic rings. The summed E-state index contributed by atoms with van der Waals surface area (Å²) in [4.78, 5) is 14.4. The maximum atomic E-state index is 12.3. The Bertz CT molecular complexity index is 546. The lowest BCUT2D eigenvalue weighted by Gasteiger charge is -2.37. The SMILES string of the molecule is CC1(C)CN(C(=O)COc2ccccc2C(N)=S)CCS1. The van der Waals surface area contributed by atoms with Gasteiger partial charge < -0.3 is 15.4 Å². The number of nitrogens with two attached hydrogens (primary N) is 1. The van der Waals surface area contributed by atoms with Gasteiger partial charge in [0.15, 0.2) is 6.61 Å². The zero-order chi connectivity index (χ0) is 15.5. The fraction of sp³-hybridized carbons (Fsp3) is 0.467.